The van der Waals surface area contributed by atoms with Gasteiger partial charge in [-0.1, -0.05) is 0 Å². The molecular formula is C19H27N5O2. The SMILES string of the molecule is CN(C)CCCNC(=O)C1CCN(C(=O)c2cc3cccn3cn2)CC1. The topological polar surface area (TPSA) is 70.0 Å². The maximum Gasteiger partial charge on any atom is 0.272 e. The third-order valence-corrected chi connectivity index (χ3v) is 4.87. The van der Waals surface area contributed by atoms with E-state index in [1.54, 1.807) is 11.2 Å². The Bertz CT molecular complexity index is 762. The molecule has 7 heteroatoms. The Balaban J connectivity index is 1.48. The van der Waals surface area contributed by atoms with Gasteiger partial charge >= 0.3 is 0 Å². The first-order valence-electron chi connectivity index (χ1n) is 9.19. The van der Waals surface area contributed by atoms with Gasteiger partial charge in [-0.15, -0.1) is 0 Å². The first kappa shape index (κ1) is 18.4. The van der Waals surface area contributed by atoms with Crippen molar-refractivity contribution in [2.75, 3.05) is 40.3 Å². The van der Waals surface area contributed by atoms with Gasteiger partial charge in [0.25, 0.3) is 5.91 Å². The highest BCUT2D eigenvalue weighted by Gasteiger charge is 2.28. The second-order valence-electron chi connectivity index (χ2n) is 7.13. The Morgan fingerprint density at radius 1 is 1.31 bits per heavy atom. The standard InChI is InChI=1S/C19H27N5O2/c1-22(2)9-4-8-20-18(25)15-6-11-23(12-7-15)19(26)17-13-16-5-3-10-24(16)14-21-17/h3,5,10,13-15H,4,6-9,11-12H2,1-2H3,(H,20,25). The molecule has 1 N–H and O–H groups in total. The fourth-order valence-electron chi connectivity index (χ4n) is 3.31. The fourth-order valence-corrected chi connectivity index (χ4v) is 3.31. The van der Waals surface area contributed by atoms with Gasteiger partial charge in [-0.3, -0.25) is 9.59 Å². The van der Waals surface area contributed by atoms with Gasteiger partial charge in [-0.05, 0) is 58.1 Å². The summed E-state index contributed by atoms with van der Waals surface area (Å²) in [6, 6.07) is 5.69. The van der Waals surface area contributed by atoms with Crippen molar-refractivity contribution in [3.05, 3.63) is 36.4 Å². The van der Waals surface area contributed by atoms with Crippen LogP contribution < -0.4 is 5.32 Å². The molecule has 1 aliphatic rings. The van der Waals surface area contributed by atoms with E-state index in [1.807, 2.05) is 42.9 Å². The zero-order valence-corrected chi connectivity index (χ0v) is 15.5. The molecule has 0 bridgehead atoms. The van der Waals surface area contributed by atoms with Crippen LogP contribution >= 0.6 is 0 Å². The number of fused-ring (bicyclic) bond motifs is 1. The number of aromatic nitrogens is 2. The Kier molecular flexibility index (Phi) is 5.88. The maximum atomic E-state index is 12.7. The van der Waals surface area contributed by atoms with Crippen LogP contribution in [0, 0.1) is 5.92 Å². The molecule has 2 aromatic heterocycles. The molecule has 0 spiro atoms. The highest BCUT2D eigenvalue weighted by Crippen LogP contribution is 2.19. The van der Waals surface area contributed by atoms with Gasteiger partial charge in [-0.25, -0.2) is 4.98 Å². The number of carbonyl (C=O) groups is 2. The molecule has 3 rings (SSSR count). The quantitative estimate of drug-likeness (QED) is 0.790. The van der Waals surface area contributed by atoms with Gasteiger partial charge in [0.05, 0.1) is 6.33 Å². The van der Waals surface area contributed by atoms with Crippen LogP contribution in [0.1, 0.15) is 29.8 Å². The minimum atomic E-state index is -0.0569. The van der Waals surface area contributed by atoms with Crippen LogP contribution in [-0.2, 0) is 4.79 Å². The normalized spacial score (nSPS) is 15.6. The van der Waals surface area contributed by atoms with Crippen molar-refractivity contribution in [3.8, 4) is 0 Å². The lowest BCUT2D eigenvalue weighted by atomic mass is 9.95. The van der Waals surface area contributed by atoms with Crippen molar-refractivity contribution >= 4 is 17.3 Å². The first-order valence-corrected chi connectivity index (χ1v) is 9.19. The van der Waals surface area contributed by atoms with Crippen LogP contribution in [0.4, 0.5) is 0 Å². The van der Waals surface area contributed by atoms with E-state index >= 15 is 0 Å². The lowest BCUT2D eigenvalue weighted by Gasteiger charge is -2.31. The molecule has 2 amide bonds. The Morgan fingerprint density at radius 2 is 2.08 bits per heavy atom. The summed E-state index contributed by atoms with van der Waals surface area (Å²) >= 11 is 0. The summed E-state index contributed by atoms with van der Waals surface area (Å²) in [6.07, 6.45) is 5.93. The second kappa shape index (κ2) is 8.31. The molecule has 0 aliphatic carbocycles. The van der Waals surface area contributed by atoms with Crippen LogP contribution in [0.3, 0.4) is 0 Å². The predicted octanol–water partition coefficient (Wildman–Crippen LogP) is 1.25. The zero-order chi connectivity index (χ0) is 18.5. The van der Waals surface area contributed by atoms with Crippen LogP contribution in [0.15, 0.2) is 30.7 Å². The number of nitrogens with one attached hydrogen (secondary N) is 1. The zero-order valence-electron chi connectivity index (χ0n) is 15.5. The maximum absolute atomic E-state index is 12.7. The lowest BCUT2D eigenvalue weighted by Crippen LogP contribution is -2.43. The number of piperidine rings is 1. The minimum Gasteiger partial charge on any atom is -0.356 e. The molecule has 0 aromatic carbocycles. The molecule has 0 saturated carbocycles. The Hall–Kier alpha value is -2.41. The van der Waals surface area contributed by atoms with Crippen LogP contribution in [0.25, 0.3) is 5.52 Å². The molecule has 1 aliphatic heterocycles. The summed E-state index contributed by atoms with van der Waals surface area (Å²) in [5.74, 6) is 0.0570. The fraction of sp³-hybridized carbons (Fsp3) is 0.526. The van der Waals surface area contributed by atoms with E-state index in [1.165, 1.54) is 0 Å². The summed E-state index contributed by atoms with van der Waals surface area (Å²) in [7, 11) is 4.05. The number of hydrogen-bond acceptors (Lipinski definition) is 4. The monoisotopic (exact) mass is 357 g/mol. The largest absolute Gasteiger partial charge is 0.356 e. The van der Waals surface area contributed by atoms with E-state index in [2.05, 4.69) is 15.2 Å². The molecule has 26 heavy (non-hydrogen) atoms. The minimum absolute atomic E-state index is 0.000486. The Labute approximate surface area is 154 Å². The van der Waals surface area contributed by atoms with Crippen LogP contribution in [0.2, 0.25) is 0 Å². The Morgan fingerprint density at radius 3 is 2.81 bits per heavy atom. The highest BCUT2D eigenvalue weighted by molar-refractivity contribution is 5.93. The number of carbonyl (C=O) groups excluding carboxylic acids is 2. The molecule has 0 atom stereocenters. The van der Waals surface area contributed by atoms with Crippen molar-refractivity contribution in [3.63, 3.8) is 0 Å². The summed E-state index contributed by atoms with van der Waals surface area (Å²) in [5, 5.41) is 3.02. The highest BCUT2D eigenvalue weighted by atomic mass is 16.2. The number of rotatable bonds is 6. The van der Waals surface area contributed by atoms with E-state index < -0.39 is 0 Å². The molecule has 2 aromatic rings. The van der Waals surface area contributed by atoms with E-state index in [0.717, 1.165) is 18.5 Å². The van der Waals surface area contributed by atoms with E-state index in [-0.39, 0.29) is 17.7 Å². The van der Waals surface area contributed by atoms with Gasteiger partial charge in [0.15, 0.2) is 0 Å². The smallest absolute Gasteiger partial charge is 0.272 e. The van der Waals surface area contributed by atoms with Crippen LogP contribution in [0.5, 0.6) is 0 Å². The van der Waals surface area contributed by atoms with Gasteiger partial charge in [0, 0.05) is 37.3 Å². The second-order valence-corrected chi connectivity index (χ2v) is 7.13. The summed E-state index contributed by atoms with van der Waals surface area (Å²) in [6.45, 7) is 2.87. The third-order valence-electron chi connectivity index (χ3n) is 4.87. The molecule has 1 saturated heterocycles. The van der Waals surface area contributed by atoms with Crippen molar-refractivity contribution in [1.82, 2.24) is 24.5 Å². The van der Waals surface area contributed by atoms with Crippen molar-refractivity contribution < 1.29 is 9.59 Å². The molecule has 0 unspecified atom stereocenters. The van der Waals surface area contributed by atoms with Gasteiger partial charge in [0.1, 0.15) is 5.69 Å². The molecule has 1 fully saturated rings. The van der Waals surface area contributed by atoms with E-state index in [0.29, 0.717) is 38.2 Å². The molecule has 0 radical (unpaired) electrons. The van der Waals surface area contributed by atoms with Crippen molar-refractivity contribution in [1.29, 1.82) is 0 Å². The predicted molar refractivity (Wildman–Crippen MR) is 100 cm³/mol. The molecule has 140 valence electrons. The first-order chi connectivity index (χ1) is 12.5. The number of nitrogens with zero attached hydrogens (tertiary/aromatic N) is 4. The van der Waals surface area contributed by atoms with Crippen molar-refractivity contribution in [2.24, 2.45) is 5.92 Å². The molecule has 3 heterocycles. The van der Waals surface area contributed by atoms with Gasteiger partial charge in [-0.2, -0.15) is 0 Å². The summed E-state index contributed by atoms with van der Waals surface area (Å²) in [5.41, 5.74) is 1.41. The van der Waals surface area contributed by atoms with Crippen molar-refractivity contribution in [2.45, 2.75) is 19.3 Å². The number of amides is 2. The van der Waals surface area contributed by atoms with Gasteiger partial charge in [0.2, 0.25) is 5.91 Å². The summed E-state index contributed by atoms with van der Waals surface area (Å²) in [4.78, 5) is 33.1. The average molecular weight is 357 g/mol. The number of likely N-dealkylation sites (tertiary alicyclic amines) is 1. The summed E-state index contributed by atoms with van der Waals surface area (Å²) < 4.78 is 1.88. The third kappa shape index (κ3) is 4.40. The van der Waals surface area contributed by atoms with Crippen LogP contribution in [-0.4, -0.2) is 71.3 Å². The molecule has 7 nitrogen and oxygen atoms in total. The van der Waals surface area contributed by atoms with E-state index in [9.17, 15) is 9.59 Å². The van der Waals surface area contributed by atoms with E-state index in [4.69, 9.17) is 0 Å². The lowest BCUT2D eigenvalue weighted by molar-refractivity contribution is -0.126. The number of hydrogen-bond donors (Lipinski definition) is 1. The molecular weight excluding hydrogens is 330 g/mol. The van der Waals surface area contributed by atoms with Gasteiger partial charge < -0.3 is 19.5 Å². The average Bonchev–Trinajstić information content (AvgIpc) is 3.12.